The van der Waals surface area contributed by atoms with Crippen LogP contribution in [-0.2, 0) is 13.0 Å². The van der Waals surface area contributed by atoms with Gasteiger partial charge in [-0.05, 0) is 49.7 Å². The molecule has 2 aliphatic rings. The molecule has 21 heavy (non-hydrogen) atoms. The summed E-state index contributed by atoms with van der Waals surface area (Å²) in [4.78, 5) is 2.72. The van der Waals surface area contributed by atoms with Crippen LogP contribution in [0.15, 0.2) is 6.20 Å². The van der Waals surface area contributed by atoms with Crippen LogP contribution in [-0.4, -0.2) is 62.2 Å². The molecule has 0 aromatic carbocycles. The van der Waals surface area contributed by atoms with Gasteiger partial charge < -0.3 is 5.11 Å². The fourth-order valence-corrected chi connectivity index (χ4v) is 4.63. The molecule has 6 heteroatoms. The first-order valence-corrected chi connectivity index (χ1v) is 9.32. The molecular weight excluding hydrogens is 284 g/mol. The van der Waals surface area contributed by atoms with Crippen LogP contribution in [0.5, 0.6) is 0 Å². The first-order valence-electron chi connectivity index (χ1n) is 8.17. The topological polar surface area (TPSA) is 54.2 Å². The number of piperidine rings is 1. The highest BCUT2D eigenvalue weighted by Crippen LogP contribution is 2.27. The molecule has 0 unspecified atom stereocenters. The van der Waals surface area contributed by atoms with Gasteiger partial charge in [-0.15, -0.1) is 5.10 Å². The van der Waals surface area contributed by atoms with E-state index in [-0.39, 0.29) is 6.61 Å². The van der Waals surface area contributed by atoms with E-state index in [9.17, 15) is 0 Å². The number of aromatic nitrogens is 3. The van der Waals surface area contributed by atoms with Crippen LogP contribution in [0.2, 0.25) is 0 Å². The van der Waals surface area contributed by atoms with E-state index in [2.05, 4.69) is 27.0 Å². The number of hydrogen-bond donors (Lipinski definition) is 1. The van der Waals surface area contributed by atoms with E-state index >= 15 is 0 Å². The lowest BCUT2D eigenvalue weighted by Crippen LogP contribution is -2.45. The predicted octanol–water partition coefficient (Wildman–Crippen LogP) is 1.42. The van der Waals surface area contributed by atoms with Gasteiger partial charge in [-0.3, -0.25) is 9.58 Å². The highest BCUT2D eigenvalue weighted by molar-refractivity contribution is 7.99. The van der Waals surface area contributed by atoms with E-state index in [4.69, 9.17) is 5.11 Å². The molecule has 0 radical (unpaired) electrons. The first kappa shape index (κ1) is 15.3. The Labute approximate surface area is 131 Å². The number of likely N-dealkylation sites (tertiary alicyclic amines) is 1. The SMILES string of the molecule is OCCc1cn(C[C@H]2CCCN(C3CCSCC3)C2)nn1. The molecule has 2 fully saturated rings. The molecule has 0 bridgehead atoms. The van der Waals surface area contributed by atoms with Crippen molar-refractivity contribution in [2.75, 3.05) is 31.2 Å². The maximum Gasteiger partial charge on any atom is 0.0849 e. The smallest absolute Gasteiger partial charge is 0.0849 e. The first-order chi connectivity index (χ1) is 10.3. The lowest BCUT2D eigenvalue weighted by Gasteiger charge is -2.39. The Balaban J connectivity index is 1.52. The summed E-state index contributed by atoms with van der Waals surface area (Å²) in [5.74, 6) is 3.36. The van der Waals surface area contributed by atoms with E-state index in [1.807, 2.05) is 10.9 Å². The van der Waals surface area contributed by atoms with Crippen molar-refractivity contribution in [3.05, 3.63) is 11.9 Å². The van der Waals surface area contributed by atoms with Crippen LogP contribution >= 0.6 is 11.8 Å². The second kappa shape index (κ2) is 7.61. The van der Waals surface area contributed by atoms with Crippen molar-refractivity contribution in [2.45, 2.75) is 44.7 Å². The summed E-state index contributed by atoms with van der Waals surface area (Å²) in [7, 11) is 0. The van der Waals surface area contributed by atoms with Crippen molar-refractivity contribution in [1.29, 1.82) is 0 Å². The summed E-state index contributed by atoms with van der Waals surface area (Å²) in [6, 6.07) is 0.815. The maximum atomic E-state index is 8.94. The van der Waals surface area contributed by atoms with Gasteiger partial charge >= 0.3 is 0 Å². The number of nitrogens with zero attached hydrogens (tertiary/aromatic N) is 4. The fraction of sp³-hybridized carbons (Fsp3) is 0.867. The van der Waals surface area contributed by atoms with Crippen LogP contribution in [0.4, 0.5) is 0 Å². The molecule has 0 aliphatic carbocycles. The van der Waals surface area contributed by atoms with Crippen LogP contribution in [0.25, 0.3) is 0 Å². The maximum absolute atomic E-state index is 8.94. The highest BCUT2D eigenvalue weighted by Gasteiger charge is 2.27. The van der Waals surface area contributed by atoms with Crippen molar-refractivity contribution >= 4 is 11.8 Å². The Hall–Kier alpha value is -0.590. The van der Waals surface area contributed by atoms with Gasteiger partial charge in [0.25, 0.3) is 0 Å². The number of thioether (sulfide) groups is 1. The van der Waals surface area contributed by atoms with E-state index in [0.717, 1.165) is 18.3 Å². The Morgan fingerprint density at radius 2 is 2.14 bits per heavy atom. The quantitative estimate of drug-likeness (QED) is 0.891. The summed E-state index contributed by atoms with van der Waals surface area (Å²) in [5, 5.41) is 17.3. The summed E-state index contributed by atoms with van der Waals surface area (Å²) in [6.45, 7) is 3.61. The Kier molecular flexibility index (Phi) is 5.55. The Morgan fingerprint density at radius 3 is 2.95 bits per heavy atom. The van der Waals surface area contributed by atoms with Gasteiger partial charge in [0.1, 0.15) is 0 Å². The molecule has 0 spiro atoms. The van der Waals surface area contributed by atoms with Crippen LogP contribution < -0.4 is 0 Å². The predicted molar refractivity (Wildman–Crippen MR) is 85.5 cm³/mol. The third-order valence-electron chi connectivity index (χ3n) is 4.66. The largest absolute Gasteiger partial charge is 0.396 e. The number of hydrogen-bond acceptors (Lipinski definition) is 5. The van der Waals surface area contributed by atoms with Crippen molar-refractivity contribution < 1.29 is 5.11 Å². The number of aliphatic hydroxyl groups is 1. The molecule has 2 saturated heterocycles. The van der Waals surface area contributed by atoms with Crippen molar-refractivity contribution in [3.8, 4) is 0 Å². The molecule has 5 nitrogen and oxygen atoms in total. The second-order valence-corrected chi connectivity index (χ2v) is 7.48. The summed E-state index contributed by atoms with van der Waals surface area (Å²) < 4.78 is 1.97. The third-order valence-corrected chi connectivity index (χ3v) is 5.71. The highest BCUT2D eigenvalue weighted by atomic mass is 32.2. The van der Waals surface area contributed by atoms with Gasteiger partial charge in [0.15, 0.2) is 0 Å². The molecule has 1 atom stereocenters. The van der Waals surface area contributed by atoms with Crippen molar-refractivity contribution in [3.63, 3.8) is 0 Å². The minimum absolute atomic E-state index is 0.148. The summed E-state index contributed by atoms with van der Waals surface area (Å²) >= 11 is 2.10. The molecule has 0 amide bonds. The lowest BCUT2D eigenvalue weighted by molar-refractivity contribution is 0.107. The van der Waals surface area contributed by atoms with Crippen molar-refractivity contribution in [2.24, 2.45) is 5.92 Å². The minimum atomic E-state index is 0.148. The van der Waals surface area contributed by atoms with E-state index in [0.29, 0.717) is 12.3 Å². The molecule has 3 heterocycles. The molecule has 0 saturated carbocycles. The van der Waals surface area contributed by atoms with Gasteiger partial charge in [-0.2, -0.15) is 11.8 Å². The molecular formula is C15H26N4OS. The minimum Gasteiger partial charge on any atom is -0.396 e. The zero-order valence-electron chi connectivity index (χ0n) is 12.7. The zero-order valence-corrected chi connectivity index (χ0v) is 13.5. The molecule has 3 rings (SSSR count). The van der Waals surface area contributed by atoms with Gasteiger partial charge in [0, 0.05) is 38.4 Å². The van der Waals surface area contributed by atoms with E-state index < -0.39 is 0 Å². The summed E-state index contributed by atoms with van der Waals surface area (Å²) in [6.07, 6.45) is 7.94. The average molecular weight is 310 g/mol. The Bertz CT molecular complexity index is 433. The van der Waals surface area contributed by atoms with Gasteiger partial charge in [-0.1, -0.05) is 5.21 Å². The zero-order chi connectivity index (χ0) is 14.5. The normalized spacial score (nSPS) is 25.3. The Morgan fingerprint density at radius 1 is 1.29 bits per heavy atom. The molecule has 1 aromatic rings. The van der Waals surface area contributed by atoms with Crippen LogP contribution in [0, 0.1) is 5.92 Å². The second-order valence-electron chi connectivity index (χ2n) is 6.25. The fourth-order valence-electron chi connectivity index (χ4n) is 3.55. The standard InChI is InChI=1S/C15H26N4OS/c20-7-3-14-12-19(17-16-14)11-13-2-1-6-18(10-13)15-4-8-21-9-5-15/h12-13,15,20H,1-11H2/t13-/m0/s1. The van der Waals surface area contributed by atoms with Gasteiger partial charge in [0.2, 0.25) is 0 Å². The van der Waals surface area contributed by atoms with Gasteiger partial charge in [-0.25, -0.2) is 0 Å². The molecule has 2 aliphatic heterocycles. The molecule has 1 N–H and O–H groups in total. The van der Waals surface area contributed by atoms with E-state index in [1.54, 1.807) is 0 Å². The molecule has 1 aromatic heterocycles. The monoisotopic (exact) mass is 310 g/mol. The number of rotatable bonds is 5. The van der Waals surface area contributed by atoms with Gasteiger partial charge in [0.05, 0.1) is 5.69 Å². The van der Waals surface area contributed by atoms with Crippen LogP contribution in [0.1, 0.15) is 31.4 Å². The van der Waals surface area contributed by atoms with Crippen LogP contribution in [0.3, 0.4) is 0 Å². The summed E-state index contributed by atoms with van der Waals surface area (Å²) in [5.41, 5.74) is 0.898. The van der Waals surface area contributed by atoms with E-state index in [1.165, 1.54) is 50.3 Å². The van der Waals surface area contributed by atoms with Crippen molar-refractivity contribution in [1.82, 2.24) is 19.9 Å². The average Bonchev–Trinajstić information content (AvgIpc) is 2.96. The lowest BCUT2D eigenvalue weighted by atomic mass is 9.95. The molecule has 118 valence electrons. The third kappa shape index (κ3) is 4.20. The number of aliphatic hydroxyl groups excluding tert-OH is 1.